The van der Waals surface area contributed by atoms with Crippen molar-refractivity contribution < 1.29 is 34.0 Å². The van der Waals surface area contributed by atoms with Gasteiger partial charge < -0.3 is 24.4 Å². The Morgan fingerprint density at radius 2 is 1.07 bits per heavy atom. The monoisotopic (exact) mass is 866 g/mol. The van der Waals surface area contributed by atoms with Crippen LogP contribution in [0.2, 0.25) is 10.0 Å². The number of aliphatic carboxylic acids is 2. The predicted octanol–water partition coefficient (Wildman–Crippen LogP) is 10.4. The number of halogens is 2. The van der Waals surface area contributed by atoms with Crippen molar-refractivity contribution in [2.45, 2.75) is 57.3 Å². The quantitative estimate of drug-likeness (QED) is 0.0830. The summed E-state index contributed by atoms with van der Waals surface area (Å²) in [6.45, 7) is 11.8. The fourth-order valence-electron chi connectivity index (χ4n) is 4.64. The van der Waals surface area contributed by atoms with Crippen LogP contribution in [0.25, 0.3) is 0 Å². The molecule has 0 bridgehead atoms. The Bertz CT molecular complexity index is 1930. The van der Waals surface area contributed by atoms with Crippen molar-refractivity contribution in [2.75, 3.05) is 54.1 Å². The third-order valence-electron chi connectivity index (χ3n) is 7.63. The van der Waals surface area contributed by atoms with Gasteiger partial charge in [0, 0.05) is 51.2 Å². The Kier molecular flexibility index (Phi) is 23.5. The Morgan fingerprint density at radius 3 is 1.47 bits per heavy atom. The van der Waals surface area contributed by atoms with Gasteiger partial charge in [-0.05, 0) is 130 Å². The summed E-state index contributed by atoms with van der Waals surface area (Å²) >= 11 is 15.4. The highest BCUT2D eigenvalue weighted by atomic mass is 35.5. The number of unbranched alkanes of at least 4 members (excludes halogenated alkanes) is 1. The smallest absolute Gasteiger partial charge is 0.341 e. The maximum Gasteiger partial charge on any atom is 0.341 e. The zero-order valence-electron chi connectivity index (χ0n) is 34.3. The first-order valence-electron chi connectivity index (χ1n) is 18.6. The Hall–Kier alpha value is -4.30. The molecule has 13 heteroatoms. The number of ether oxygens (including phenoxy) is 3. The van der Waals surface area contributed by atoms with E-state index in [0.717, 1.165) is 51.6 Å². The lowest BCUT2D eigenvalue weighted by Crippen LogP contribution is -2.15. The standard InChI is InChI=1S/C22H24ClNO3S.C21H22ClNO4S.C2H6/c1-4-5-12-24(3)28-20-10-6-16(2)17(14-20)7-8-18-13-19(23)9-11-21(18)27-15-22(25)26;1-15-4-8-19(28-23(2)10-11-26-3)13-16(15)5-6-17-12-18(22)7-9-20(17)27-14-21(24)25;1-2/h6,9-11,13-14H,4-5,12,15H2,1-3H3,(H,25,26);4,7-9,12-13H,10-11,14H2,1-3H3,(H,24,25);1-2H3. The van der Waals surface area contributed by atoms with Gasteiger partial charge in [0.25, 0.3) is 0 Å². The first-order chi connectivity index (χ1) is 27.8. The molecule has 4 rings (SSSR count). The van der Waals surface area contributed by atoms with Gasteiger partial charge in [-0.15, -0.1) is 0 Å². The Labute approximate surface area is 362 Å². The van der Waals surface area contributed by atoms with Crippen LogP contribution in [-0.2, 0) is 14.3 Å². The predicted molar refractivity (Wildman–Crippen MR) is 239 cm³/mol. The molecule has 0 aromatic heterocycles. The molecule has 0 aliphatic heterocycles. The van der Waals surface area contributed by atoms with Crippen LogP contribution < -0.4 is 9.47 Å². The highest BCUT2D eigenvalue weighted by molar-refractivity contribution is 7.97. The maximum atomic E-state index is 10.8. The molecule has 4 aromatic carbocycles. The minimum absolute atomic E-state index is 0.391. The molecular formula is C45H52Cl2N2O7S2. The molecule has 0 heterocycles. The molecule has 58 heavy (non-hydrogen) atoms. The van der Waals surface area contributed by atoms with Gasteiger partial charge in [0.15, 0.2) is 13.2 Å². The number of carboxylic acids is 2. The van der Waals surface area contributed by atoms with Crippen LogP contribution in [-0.4, -0.2) is 84.9 Å². The van der Waals surface area contributed by atoms with Crippen molar-refractivity contribution in [1.29, 1.82) is 0 Å². The number of methoxy groups -OCH3 is 1. The van der Waals surface area contributed by atoms with Crippen LogP contribution in [0.4, 0.5) is 0 Å². The van der Waals surface area contributed by atoms with E-state index in [2.05, 4.69) is 70.5 Å². The minimum Gasteiger partial charge on any atom is -0.481 e. The van der Waals surface area contributed by atoms with Crippen LogP contribution in [0.5, 0.6) is 11.5 Å². The number of hydrogen-bond donors (Lipinski definition) is 2. The molecule has 0 aliphatic rings. The largest absolute Gasteiger partial charge is 0.481 e. The maximum absolute atomic E-state index is 10.8. The van der Waals surface area contributed by atoms with E-state index in [1.165, 1.54) is 6.42 Å². The summed E-state index contributed by atoms with van der Waals surface area (Å²) in [7, 11) is 5.78. The minimum atomic E-state index is -1.05. The number of carboxylic acid groups (broad SMARTS) is 2. The molecule has 0 saturated carbocycles. The molecule has 0 radical (unpaired) electrons. The number of nitrogens with zero attached hydrogens (tertiary/aromatic N) is 2. The van der Waals surface area contributed by atoms with Crippen LogP contribution in [0, 0.1) is 37.5 Å². The van der Waals surface area contributed by atoms with Gasteiger partial charge in [-0.2, -0.15) is 0 Å². The zero-order chi connectivity index (χ0) is 43.0. The van der Waals surface area contributed by atoms with Gasteiger partial charge in [-0.1, -0.05) is 86.2 Å². The van der Waals surface area contributed by atoms with Gasteiger partial charge in [0.1, 0.15) is 11.5 Å². The van der Waals surface area contributed by atoms with E-state index >= 15 is 0 Å². The second-order valence-electron chi connectivity index (χ2n) is 12.3. The van der Waals surface area contributed by atoms with Gasteiger partial charge in [-0.3, -0.25) is 0 Å². The summed E-state index contributed by atoms with van der Waals surface area (Å²) in [5.74, 6) is 11.2. The van der Waals surface area contributed by atoms with Gasteiger partial charge in [-0.25, -0.2) is 18.2 Å². The summed E-state index contributed by atoms with van der Waals surface area (Å²) in [5.41, 5.74) is 5.02. The summed E-state index contributed by atoms with van der Waals surface area (Å²) in [6, 6.07) is 22.2. The molecule has 0 saturated heterocycles. The molecule has 310 valence electrons. The van der Waals surface area contributed by atoms with E-state index in [4.69, 9.17) is 47.6 Å². The Balaban J connectivity index is 0.000000384. The average molecular weight is 868 g/mol. The van der Waals surface area contributed by atoms with Crippen molar-refractivity contribution in [3.05, 3.63) is 116 Å². The summed E-state index contributed by atoms with van der Waals surface area (Å²) < 4.78 is 20.0. The van der Waals surface area contributed by atoms with E-state index < -0.39 is 25.2 Å². The second kappa shape index (κ2) is 27.4. The van der Waals surface area contributed by atoms with Crippen molar-refractivity contribution in [3.63, 3.8) is 0 Å². The molecule has 2 N–H and O–H groups in total. The highest BCUT2D eigenvalue weighted by Gasteiger charge is 2.09. The van der Waals surface area contributed by atoms with Gasteiger partial charge in [0.2, 0.25) is 0 Å². The summed E-state index contributed by atoms with van der Waals surface area (Å²) in [4.78, 5) is 23.7. The van der Waals surface area contributed by atoms with Crippen molar-refractivity contribution >= 4 is 59.0 Å². The first-order valence-corrected chi connectivity index (χ1v) is 20.9. The molecule has 0 unspecified atom stereocenters. The van der Waals surface area contributed by atoms with E-state index in [1.807, 2.05) is 46.9 Å². The third-order valence-corrected chi connectivity index (χ3v) is 10.0. The molecule has 0 aliphatic carbocycles. The lowest BCUT2D eigenvalue weighted by molar-refractivity contribution is -0.140. The first kappa shape index (κ1) is 49.8. The van der Waals surface area contributed by atoms with E-state index in [0.29, 0.717) is 39.3 Å². The summed E-state index contributed by atoms with van der Waals surface area (Å²) in [5, 5.41) is 18.7. The molecule has 0 fully saturated rings. The fraction of sp³-hybridized carbons (Fsp3) is 0.333. The SMILES string of the molecule is CC.CCCCN(C)Sc1ccc(C)c(C#Cc2cc(Cl)ccc2OCC(=O)O)c1.COCCN(C)Sc1ccc(C)c(C#Cc2cc(Cl)ccc2OCC(=O)O)c1. The molecule has 0 spiro atoms. The molecule has 0 atom stereocenters. The average Bonchev–Trinajstić information content (AvgIpc) is 3.19. The zero-order valence-corrected chi connectivity index (χ0v) is 37.4. The number of hydrogen-bond acceptors (Lipinski definition) is 9. The topological polar surface area (TPSA) is 109 Å². The van der Waals surface area contributed by atoms with E-state index in [-0.39, 0.29) is 0 Å². The number of likely N-dealkylation sites (N-methyl/N-ethyl adjacent to an activating group) is 1. The lowest BCUT2D eigenvalue weighted by Gasteiger charge is -2.15. The van der Waals surface area contributed by atoms with Crippen LogP contribution in [0.15, 0.2) is 82.6 Å². The van der Waals surface area contributed by atoms with Gasteiger partial charge in [0.05, 0.1) is 17.7 Å². The van der Waals surface area contributed by atoms with Gasteiger partial charge >= 0.3 is 11.9 Å². The third kappa shape index (κ3) is 19.0. The second-order valence-corrected chi connectivity index (χ2v) is 15.8. The number of carbonyl (C=O) groups is 2. The van der Waals surface area contributed by atoms with Crippen LogP contribution >= 0.6 is 47.1 Å². The van der Waals surface area contributed by atoms with E-state index in [1.54, 1.807) is 67.4 Å². The fourth-order valence-corrected chi connectivity index (χ4v) is 6.69. The lowest BCUT2D eigenvalue weighted by atomic mass is 10.1. The number of rotatable bonds is 16. The molecule has 4 aromatic rings. The van der Waals surface area contributed by atoms with E-state index in [9.17, 15) is 9.59 Å². The van der Waals surface area contributed by atoms with Crippen LogP contribution in [0.3, 0.4) is 0 Å². The Morgan fingerprint density at radius 1 is 0.655 bits per heavy atom. The highest BCUT2D eigenvalue weighted by Crippen LogP contribution is 2.27. The van der Waals surface area contributed by atoms with Crippen molar-refractivity contribution in [2.24, 2.45) is 0 Å². The number of benzene rings is 4. The van der Waals surface area contributed by atoms with Crippen LogP contribution in [0.1, 0.15) is 67.0 Å². The summed E-state index contributed by atoms with van der Waals surface area (Å²) in [6.07, 6.45) is 2.33. The molecule has 0 amide bonds. The number of aryl methyl sites for hydroxylation is 2. The normalized spacial score (nSPS) is 10.2. The molecular weight excluding hydrogens is 816 g/mol. The van der Waals surface area contributed by atoms with Crippen molar-refractivity contribution in [1.82, 2.24) is 8.61 Å². The van der Waals surface area contributed by atoms with Crippen molar-refractivity contribution in [3.8, 4) is 35.2 Å². The molecule has 9 nitrogen and oxygen atoms in total.